The molecule has 0 spiro atoms. The third-order valence-corrected chi connectivity index (χ3v) is 3.14. The molecule has 1 rings (SSSR count). The standard InChI is InChI=1S/C12H11BrClN/c1-3-4-11(13)10-6-9(7-15)12(14)5-8(10)2/h4-6H,3H2,1-2H3/b11-4+. The summed E-state index contributed by atoms with van der Waals surface area (Å²) >= 11 is 9.42. The van der Waals surface area contributed by atoms with Gasteiger partial charge >= 0.3 is 0 Å². The summed E-state index contributed by atoms with van der Waals surface area (Å²) in [6.45, 7) is 4.05. The minimum absolute atomic E-state index is 0.510. The van der Waals surface area contributed by atoms with Crippen LogP contribution in [0, 0.1) is 18.3 Å². The van der Waals surface area contributed by atoms with E-state index < -0.39 is 0 Å². The Hall–Kier alpha value is -0.780. The van der Waals surface area contributed by atoms with E-state index in [4.69, 9.17) is 16.9 Å². The number of benzene rings is 1. The minimum atomic E-state index is 0.510. The van der Waals surface area contributed by atoms with Gasteiger partial charge in [-0.3, -0.25) is 0 Å². The van der Waals surface area contributed by atoms with Crippen molar-refractivity contribution >= 4 is 32.0 Å². The molecule has 1 aromatic carbocycles. The molecule has 0 unspecified atom stereocenters. The van der Waals surface area contributed by atoms with Crippen molar-refractivity contribution in [3.8, 4) is 6.07 Å². The number of aryl methyl sites for hydroxylation is 1. The van der Waals surface area contributed by atoms with E-state index in [0.717, 1.165) is 22.0 Å². The molecule has 0 saturated carbocycles. The minimum Gasteiger partial charge on any atom is -0.192 e. The first-order valence-electron chi connectivity index (χ1n) is 4.66. The molecule has 0 saturated heterocycles. The maximum atomic E-state index is 8.88. The normalized spacial score (nSPS) is 11.3. The maximum Gasteiger partial charge on any atom is 0.101 e. The van der Waals surface area contributed by atoms with Gasteiger partial charge in [-0.05, 0) is 36.6 Å². The summed E-state index contributed by atoms with van der Waals surface area (Å²) in [7, 11) is 0. The summed E-state index contributed by atoms with van der Waals surface area (Å²) in [5.41, 5.74) is 2.60. The number of allylic oxidation sites excluding steroid dienone is 1. The van der Waals surface area contributed by atoms with Gasteiger partial charge in [0.25, 0.3) is 0 Å². The lowest BCUT2D eigenvalue weighted by molar-refractivity contribution is 1.23. The van der Waals surface area contributed by atoms with Crippen LogP contribution in [0.5, 0.6) is 0 Å². The van der Waals surface area contributed by atoms with Gasteiger partial charge in [0.05, 0.1) is 10.6 Å². The number of hydrogen-bond donors (Lipinski definition) is 0. The zero-order chi connectivity index (χ0) is 11.4. The topological polar surface area (TPSA) is 23.8 Å². The molecule has 0 N–H and O–H groups in total. The fourth-order valence-corrected chi connectivity index (χ4v) is 2.32. The predicted octanol–water partition coefficient (Wildman–Crippen LogP) is 4.67. The molecule has 0 aliphatic rings. The Morgan fingerprint density at radius 3 is 2.80 bits per heavy atom. The fraction of sp³-hybridized carbons (Fsp3) is 0.250. The smallest absolute Gasteiger partial charge is 0.101 e. The molecule has 0 heterocycles. The molecule has 0 amide bonds. The van der Waals surface area contributed by atoms with Crippen molar-refractivity contribution in [1.29, 1.82) is 5.26 Å². The number of hydrogen-bond acceptors (Lipinski definition) is 1. The van der Waals surface area contributed by atoms with Crippen molar-refractivity contribution in [2.24, 2.45) is 0 Å². The van der Waals surface area contributed by atoms with Gasteiger partial charge in [-0.15, -0.1) is 0 Å². The Kier molecular flexibility index (Phi) is 4.38. The highest BCUT2D eigenvalue weighted by molar-refractivity contribution is 9.15. The molecule has 0 fully saturated rings. The lowest BCUT2D eigenvalue weighted by atomic mass is 10.0. The molecule has 1 nitrogen and oxygen atoms in total. The van der Waals surface area contributed by atoms with Gasteiger partial charge in [-0.2, -0.15) is 5.26 Å². The molecule has 1 aromatic rings. The number of halogens is 2. The Bertz CT molecular complexity index is 444. The second-order valence-corrected chi connectivity index (χ2v) is 4.48. The molecule has 0 radical (unpaired) electrons. The van der Waals surface area contributed by atoms with Gasteiger partial charge in [0.2, 0.25) is 0 Å². The van der Waals surface area contributed by atoms with E-state index >= 15 is 0 Å². The Balaban J connectivity index is 3.32. The van der Waals surface area contributed by atoms with Gasteiger partial charge in [0.1, 0.15) is 6.07 Å². The second kappa shape index (κ2) is 5.34. The molecule has 0 aliphatic heterocycles. The van der Waals surface area contributed by atoms with E-state index in [9.17, 15) is 0 Å². The largest absolute Gasteiger partial charge is 0.192 e. The third kappa shape index (κ3) is 2.84. The van der Waals surface area contributed by atoms with Crippen LogP contribution in [0.4, 0.5) is 0 Å². The van der Waals surface area contributed by atoms with Gasteiger partial charge in [0.15, 0.2) is 0 Å². The third-order valence-electron chi connectivity index (χ3n) is 2.08. The summed E-state index contributed by atoms with van der Waals surface area (Å²) in [4.78, 5) is 0. The molecule has 3 heteroatoms. The van der Waals surface area contributed by atoms with E-state index in [1.54, 1.807) is 0 Å². The van der Waals surface area contributed by atoms with Crippen molar-refractivity contribution in [2.45, 2.75) is 20.3 Å². The van der Waals surface area contributed by atoms with Crippen molar-refractivity contribution in [3.63, 3.8) is 0 Å². The molecule has 0 atom stereocenters. The number of nitrogens with zero attached hydrogens (tertiary/aromatic N) is 1. The fourth-order valence-electron chi connectivity index (χ4n) is 1.30. The average Bonchev–Trinajstić information content (AvgIpc) is 2.18. The Morgan fingerprint density at radius 1 is 1.60 bits per heavy atom. The van der Waals surface area contributed by atoms with E-state index in [-0.39, 0.29) is 0 Å². The summed E-state index contributed by atoms with van der Waals surface area (Å²) in [5, 5.41) is 9.39. The van der Waals surface area contributed by atoms with Gasteiger partial charge in [-0.1, -0.05) is 40.5 Å². The SMILES string of the molecule is CC/C=C(/Br)c1cc(C#N)c(Cl)cc1C. The van der Waals surface area contributed by atoms with Crippen LogP contribution in [0.2, 0.25) is 5.02 Å². The first-order chi connectivity index (χ1) is 7.10. The van der Waals surface area contributed by atoms with Crippen molar-refractivity contribution < 1.29 is 0 Å². The predicted molar refractivity (Wildman–Crippen MR) is 68.1 cm³/mol. The molecular weight excluding hydrogens is 273 g/mol. The van der Waals surface area contributed by atoms with E-state index in [1.807, 2.05) is 19.1 Å². The number of rotatable bonds is 2. The highest BCUT2D eigenvalue weighted by atomic mass is 79.9. The molecule has 0 aliphatic carbocycles. The van der Waals surface area contributed by atoms with Gasteiger partial charge in [-0.25, -0.2) is 0 Å². The highest BCUT2D eigenvalue weighted by Crippen LogP contribution is 2.29. The molecule has 15 heavy (non-hydrogen) atoms. The van der Waals surface area contributed by atoms with E-state index in [0.29, 0.717) is 10.6 Å². The quantitative estimate of drug-likeness (QED) is 0.774. The van der Waals surface area contributed by atoms with Crippen LogP contribution in [0.25, 0.3) is 4.48 Å². The van der Waals surface area contributed by atoms with Gasteiger partial charge < -0.3 is 0 Å². The van der Waals surface area contributed by atoms with Crippen LogP contribution in [-0.2, 0) is 0 Å². The zero-order valence-corrected chi connectivity index (χ0v) is 11.0. The van der Waals surface area contributed by atoms with E-state index in [1.165, 1.54) is 0 Å². The monoisotopic (exact) mass is 283 g/mol. The maximum absolute atomic E-state index is 8.88. The van der Waals surface area contributed by atoms with Crippen molar-refractivity contribution in [2.75, 3.05) is 0 Å². The summed E-state index contributed by atoms with van der Waals surface area (Å²) in [6.07, 6.45) is 3.02. The summed E-state index contributed by atoms with van der Waals surface area (Å²) in [5.74, 6) is 0. The summed E-state index contributed by atoms with van der Waals surface area (Å²) < 4.78 is 1.01. The first kappa shape index (κ1) is 12.3. The lowest BCUT2D eigenvalue weighted by Gasteiger charge is -2.06. The first-order valence-corrected chi connectivity index (χ1v) is 5.83. The van der Waals surface area contributed by atoms with Crippen LogP contribution < -0.4 is 0 Å². The number of nitriles is 1. The van der Waals surface area contributed by atoms with Crippen LogP contribution in [-0.4, -0.2) is 0 Å². The average molecular weight is 285 g/mol. The Labute approximate surface area is 103 Å². The van der Waals surface area contributed by atoms with Crippen molar-refractivity contribution in [3.05, 3.63) is 39.9 Å². The Morgan fingerprint density at radius 2 is 2.27 bits per heavy atom. The zero-order valence-electron chi connectivity index (χ0n) is 8.64. The molecule has 0 aromatic heterocycles. The van der Waals surface area contributed by atoms with E-state index in [2.05, 4.69) is 35.0 Å². The van der Waals surface area contributed by atoms with Crippen LogP contribution in [0.1, 0.15) is 30.0 Å². The van der Waals surface area contributed by atoms with Crippen LogP contribution in [0.3, 0.4) is 0 Å². The van der Waals surface area contributed by atoms with Crippen LogP contribution >= 0.6 is 27.5 Å². The van der Waals surface area contributed by atoms with Crippen LogP contribution in [0.15, 0.2) is 18.2 Å². The molecule has 0 bridgehead atoms. The molecular formula is C12H11BrClN. The summed E-state index contributed by atoms with van der Waals surface area (Å²) in [6, 6.07) is 5.71. The molecule has 78 valence electrons. The van der Waals surface area contributed by atoms with Crippen molar-refractivity contribution in [1.82, 2.24) is 0 Å². The highest BCUT2D eigenvalue weighted by Gasteiger charge is 2.07. The second-order valence-electron chi connectivity index (χ2n) is 3.22. The van der Waals surface area contributed by atoms with Gasteiger partial charge in [0, 0.05) is 4.48 Å². The lowest BCUT2D eigenvalue weighted by Crippen LogP contribution is -1.88.